The van der Waals surface area contributed by atoms with Crippen molar-refractivity contribution in [3.05, 3.63) is 65.3 Å². The van der Waals surface area contributed by atoms with Crippen LogP contribution < -0.4 is 16.0 Å². The first-order chi connectivity index (χ1) is 18.1. The molecule has 0 saturated carbocycles. The Bertz CT molecular complexity index is 1270. The quantitative estimate of drug-likeness (QED) is 0.196. The lowest BCUT2D eigenvalue weighted by atomic mass is 10.1. The Balaban J connectivity index is 0.000000317. The molecule has 9 nitrogen and oxygen atoms in total. The van der Waals surface area contributed by atoms with Crippen molar-refractivity contribution < 1.29 is 46.1 Å². The van der Waals surface area contributed by atoms with Crippen LogP contribution >= 0.6 is 11.6 Å². The zero-order chi connectivity index (χ0) is 29.2. The van der Waals surface area contributed by atoms with Crippen LogP contribution in [0, 0.1) is 0 Å². The fourth-order valence-corrected chi connectivity index (χ4v) is 2.96. The van der Waals surface area contributed by atoms with E-state index in [1.54, 1.807) is 6.20 Å². The minimum atomic E-state index is -5.08. The van der Waals surface area contributed by atoms with Gasteiger partial charge in [0.1, 0.15) is 5.02 Å². The number of carboxylic acids is 2. The first kappa shape index (κ1) is 31.0. The van der Waals surface area contributed by atoms with Gasteiger partial charge in [-0.3, -0.25) is 0 Å². The average molecular weight is 580 g/mol. The number of fused-ring (bicyclic) bond motifs is 6. The summed E-state index contributed by atoms with van der Waals surface area (Å²) in [7, 11) is 0. The summed E-state index contributed by atoms with van der Waals surface area (Å²) in [5.74, 6) is -4.43. The van der Waals surface area contributed by atoms with E-state index in [1.807, 2.05) is 30.3 Å². The molecule has 3 aromatic rings. The Labute approximate surface area is 221 Å². The molecule has 16 heteroatoms. The molecule has 6 bridgehead atoms. The van der Waals surface area contributed by atoms with Crippen molar-refractivity contribution in [2.45, 2.75) is 25.2 Å². The van der Waals surface area contributed by atoms with Gasteiger partial charge in [0.15, 0.2) is 5.82 Å². The van der Waals surface area contributed by atoms with Crippen LogP contribution in [-0.2, 0) is 16.0 Å². The number of alkyl halides is 6. The third-order valence-electron chi connectivity index (χ3n) is 4.51. The number of carboxylic acid groups (broad SMARTS) is 2. The molecule has 0 amide bonds. The number of halogens is 7. The monoisotopic (exact) mass is 579 g/mol. The van der Waals surface area contributed by atoms with E-state index in [9.17, 15) is 26.3 Å². The molecule has 0 fully saturated rings. The van der Waals surface area contributed by atoms with Crippen LogP contribution in [0.5, 0.6) is 0 Å². The standard InChI is InChI=1S/C19H18ClN5.2C2HF3O2/c20-17-12-22-19-24-16-8-2-6-14(11-16)21-9-3-5-13-4-1-7-15(10-13)23-18(17)25-19;2*3-2(4,5)1(6)7/h1-2,4,6-8,10-12,21H,3,5,9H2,(H2,22,23,24,25);2*(H,6,7). The molecule has 4 rings (SSSR count). The molecule has 210 valence electrons. The van der Waals surface area contributed by atoms with Gasteiger partial charge in [-0.2, -0.15) is 31.3 Å². The highest BCUT2D eigenvalue weighted by molar-refractivity contribution is 6.32. The molecule has 0 radical (unpaired) electrons. The van der Waals surface area contributed by atoms with Crippen LogP contribution in [-0.4, -0.2) is 51.0 Å². The van der Waals surface area contributed by atoms with Gasteiger partial charge in [0.2, 0.25) is 5.95 Å². The molecular formula is C23H20ClF6N5O4. The number of nitrogens with one attached hydrogen (secondary N) is 3. The molecule has 0 spiro atoms. The highest BCUT2D eigenvalue weighted by atomic mass is 35.5. The van der Waals surface area contributed by atoms with Crippen molar-refractivity contribution in [1.82, 2.24) is 9.97 Å². The molecule has 39 heavy (non-hydrogen) atoms. The maximum Gasteiger partial charge on any atom is 0.490 e. The highest BCUT2D eigenvalue weighted by Crippen LogP contribution is 2.26. The van der Waals surface area contributed by atoms with E-state index < -0.39 is 24.3 Å². The Morgan fingerprint density at radius 1 is 0.846 bits per heavy atom. The third kappa shape index (κ3) is 10.9. The van der Waals surface area contributed by atoms with Crippen molar-refractivity contribution >= 4 is 52.4 Å². The summed E-state index contributed by atoms with van der Waals surface area (Å²) in [5.41, 5.74) is 4.24. The number of benzene rings is 2. The second kappa shape index (κ2) is 13.5. The Morgan fingerprint density at radius 3 is 1.97 bits per heavy atom. The SMILES string of the molecule is Clc1cnc2nc1Nc1cccc(c1)CCCNc1cccc(c1)N2.O=C(O)C(F)(F)F.O=C(O)C(F)(F)F. The van der Waals surface area contributed by atoms with Gasteiger partial charge in [0.25, 0.3) is 0 Å². The summed E-state index contributed by atoms with van der Waals surface area (Å²) >= 11 is 6.26. The van der Waals surface area contributed by atoms with Gasteiger partial charge in [0, 0.05) is 23.6 Å². The number of hydrogen-bond acceptors (Lipinski definition) is 7. The Hall–Kier alpha value is -4.27. The summed E-state index contributed by atoms with van der Waals surface area (Å²) in [6, 6.07) is 16.4. The number of aromatic nitrogens is 2. The summed E-state index contributed by atoms with van der Waals surface area (Å²) < 4.78 is 63.5. The van der Waals surface area contributed by atoms with Crippen LogP contribution in [0.1, 0.15) is 12.0 Å². The lowest BCUT2D eigenvalue weighted by molar-refractivity contribution is -0.193. The Morgan fingerprint density at radius 2 is 1.38 bits per heavy atom. The van der Waals surface area contributed by atoms with Gasteiger partial charge >= 0.3 is 24.3 Å². The van der Waals surface area contributed by atoms with Crippen molar-refractivity contribution in [3.8, 4) is 0 Å². The van der Waals surface area contributed by atoms with E-state index >= 15 is 0 Å². The summed E-state index contributed by atoms with van der Waals surface area (Å²) in [4.78, 5) is 26.6. The lowest BCUT2D eigenvalue weighted by Gasteiger charge is -2.11. The summed E-state index contributed by atoms with van der Waals surface area (Å²) in [6.07, 6.45) is -6.51. The predicted molar refractivity (Wildman–Crippen MR) is 131 cm³/mol. The summed E-state index contributed by atoms with van der Waals surface area (Å²) in [6.45, 7) is 0.914. The fourth-order valence-electron chi connectivity index (χ4n) is 2.82. The van der Waals surface area contributed by atoms with E-state index in [0.29, 0.717) is 16.8 Å². The molecule has 1 aliphatic heterocycles. The molecule has 2 heterocycles. The van der Waals surface area contributed by atoms with Crippen LogP contribution in [0.3, 0.4) is 0 Å². The Kier molecular flexibility index (Phi) is 10.7. The third-order valence-corrected chi connectivity index (χ3v) is 4.79. The minimum Gasteiger partial charge on any atom is -0.475 e. The lowest BCUT2D eigenvalue weighted by Crippen LogP contribution is -2.21. The van der Waals surface area contributed by atoms with Crippen molar-refractivity contribution in [2.24, 2.45) is 0 Å². The van der Waals surface area contributed by atoms with E-state index in [0.717, 1.165) is 36.4 Å². The number of anilines is 5. The van der Waals surface area contributed by atoms with Gasteiger partial charge in [-0.25, -0.2) is 14.6 Å². The smallest absolute Gasteiger partial charge is 0.475 e. The van der Waals surface area contributed by atoms with E-state index in [4.69, 9.17) is 31.4 Å². The molecule has 2 aromatic carbocycles. The first-order valence-electron chi connectivity index (χ1n) is 10.7. The summed E-state index contributed by atoms with van der Waals surface area (Å²) in [5, 5.41) is 24.7. The van der Waals surface area contributed by atoms with E-state index in [-0.39, 0.29) is 0 Å². The van der Waals surface area contributed by atoms with Crippen LogP contribution in [0.15, 0.2) is 54.7 Å². The van der Waals surface area contributed by atoms with Crippen molar-refractivity contribution in [2.75, 3.05) is 22.5 Å². The number of nitrogens with zero attached hydrogens (tertiary/aromatic N) is 2. The van der Waals surface area contributed by atoms with Crippen molar-refractivity contribution in [1.29, 1.82) is 0 Å². The number of carbonyl (C=O) groups is 2. The normalized spacial score (nSPS) is 12.7. The number of aliphatic carboxylic acids is 2. The number of hydrogen-bond donors (Lipinski definition) is 5. The molecule has 1 aromatic heterocycles. The van der Waals surface area contributed by atoms with Crippen LogP contribution in [0.25, 0.3) is 0 Å². The first-order valence-corrected chi connectivity index (χ1v) is 11.1. The highest BCUT2D eigenvalue weighted by Gasteiger charge is 2.38. The average Bonchev–Trinajstić information content (AvgIpc) is 2.84. The van der Waals surface area contributed by atoms with Gasteiger partial charge in [-0.05, 0) is 48.7 Å². The molecule has 5 N–H and O–H groups in total. The van der Waals surface area contributed by atoms with E-state index in [2.05, 4.69) is 44.1 Å². The fraction of sp³-hybridized carbons (Fsp3) is 0.217. The molecule has 0 atom stereocenters. The molecule has 0 saturated heterocycles. The molecule has 0 unspecified atom stereocenters. The van der Waals surface area contributed by atoms with Crippen molar-refractivity contribution in [3.63, 3.8) is 0 Å². The van der Waals surface area contributed by atoms with Gasteiger partial charge in [-0.1, -0.05) is 29.8 Å². The van der Waals surface area contributed by atoms with Crippen LogP contribution in [0.4, 0.5) is 55.2 Å². The van der Waals surface area contributed by atoms with Gasteiger partial charge in [0.05, 0.1) is 6.20 Å². The largest absolute Gasteiger partial charge is 0.490 e. The topological polar surface area (TPSA) is 136 Å². The zero-order valence-corrected chi connectivity index (χ0v) is 20.3. The minimum absolute atomic E-state index is 0.482. The molecule has 0 aliphatic carbocycles. The second-order valence-electron chi connectivity index (χ2n) is 7.56. The molecule has 1 aliphatic rings. The maximum absolute atomic E-state index is 10.6. The van der Waals surface area contributed by atoms with E-state index in [1.165, 1.54) is 5.56 Å². The van der Waals surface area contributed by atoms with Gasteiger partial charge < -0.3 is 26.2 Å². The second-order valence-corrected chi connectivity index (χ2v) is 7.96. The predicted octanol–water partition coefficient (Wildman–Crippen LogP) is 6.24. The zero-order valence-electron chi connectivity index (χ0n) is 19.6. The number of rotatable bonds is 0. The number of aryl methyl sites for hydroxylation is 1. The van der Waals surface area contributed by atoms with Crippen LogP contribution in [0.2, 0.25) is 5.02 Å². The van der Waals surface area contributed by atoms with Gasteiger partial charge in [-0.15, -0.1) is 0 Å². The maximum atomic E-state index is 10.6. The molecular weight excluding hydrogens is 560 g/mol.